The van der Waals surface area contributed by atoms with Gasteiger partial charge in [-0.25, -0.2) is 4.98 Å². The Balaban J connectivity index is 2.30. The molecule has 1 aromatic heterocycles. The lowest BCUT2D eigenvalue weighted by Crippen LogP contribution is -2.37. The van der Waals surface area contributed by atoms with Gasteiger partial charge in [0.25, 0.3) is 0 Å². The van der Waals surface area contributed by atoms with Crippen molar-refractivity contribution in [3.63, 3.8) is 0 Å². The first-order chi connectivity index (χ1) is 6.68. The maximum absolute atomic E-state index is 10.5. The summed E-state index contributed by atoms with van der Waals surface area (Å²) >= 11 is 0. The lowest BCUT2D eigenvalue weighted by Gasteiger charge is -2.31. The molecular formula is C8H10N4O2. The molecule has 14 heavy (non-hydrogen) atoms. The topological polar surface area (TPSA) is 85.3 Å². The summed E-state index contributed by atoms with van der Waals surface area (Å²) in [6.07, 6.45) is 2.35. The van der Waals surface area contributed by atoms with Crippen molar-refractivity contribution < 1.29 is 4.92 Å². The van der Waals surface area contributed by atoms with E-state index in [-0.39, 0.29) is 11.4 Å². The molecule has 0 saturated carbocycles. The zero-order valence-corrected chi connectivity index (χ0v) is 7.51. The SMILES string of the molecule is Nc1cc(N2CCC2)ncc1[N+](=O)[O-]. The number of hydrogen-bond donors (Lipinski definition) is 1. The Labute approximate surface area is 80.5 Å². The molecule has 0 atom stereocenters. The van der Waals surface area contributed by atoms with E-state index >= 15 is 0 Å². The van der Waals surface area contributed by atoms with Crippen LogP contribution < -0.4 is 10.6 Å². The van der Waals surface area contributed by atoms with Gasteiger partial charge in [0, 0.05) is 19.2 Å². The number of hydrogen-bond acceptors (Lipinski definition) is 5. The summed E-state index contributed by atoms with van der Waals surface area (Å²) in [4.78, 5) is 15.9. The second-order valence-electron chi connectivity index (χ2n) is 3.20. The fourth-order valence-corrected chi connectivity index (χ4v) is 1.32. The highest BCUT2D eigenvalue weighted by Gasteiger charge is 2.19. The van der Waals surface area contributed by atoms with Crippen LogP contribution in [0.3, 0.4) is 0 Å². The van der Waals surface area contributed by atoms with E-state index in [4.69, 9.17) is 5.73 Å². The van der Waals surface area contributed by atoms with Gasteiger partial charge in [0.1, 0.15) is 17.7 Å². The van der Waals surface area contributed by atoms with E-state index in [0.29, 0.717) is 0 Å². The summed E-state index contributed by atoms with van der Waals surface area (Å²) in [6.45, 7) is 1.90. The van der Waals surface area contributed by atoms with Crippen molar-refractivity contribution in [2.24, 2.45) is 0 Å². The molecule has 2 rings (SSSR count). The maximum atomic E-state index is 10.5. The highest BCUT2D eigenvalue weighted by atomic mass is 16.6. The lowest BCUT2D eigenvalue weighted by molar-refractivity contribution is -0.384. The number of nitrogen functional groups attached to an aromatic ring is 1. The highest BCUT2D eigenvalue weighted by Crippen LogP contribution is 2.26. The summed E-state index contributed by atoms with van der Waals surface area (Å²) in [7, 11) is 0. The average Bonchev–Trinajstić information content (AvgIpc) is 2.00. The summed E-state index contributed by atoms with van der Waals surface area (Å²) < 4.78 is 0. The van der Waals surface area contributed by atoms with E-state index in [1.807, 2.05) is 4.90 Å². The quantitative estimate of drug-likeness (QED) is 0.555. The minimum absolute atomic E-state index is 0.130. The van der Waals surface area contributed by atoms with Crippen molar-refractivity contribution in [1.29, 1.82) is 0 Å². The van der Waals surface area contributed by atoms with Crippen molar-refractivity contribution in [2.75, 3.05) is 23.7 Å². The molecule has 0 spiro atoms. The number of nitrogens with zero attached hydrogens (tertiary/aromatic N) is 3. The fourth-order valence-electron chi connectivity index (χ4n) is 1.32. The van der Waals surface area contributed by atoms with Crippen molar-refractivity contribution in [1.82, 2.24) is 4.98 Å². The first-order valence-corrected chi connectivity index (χ1v) is 4.33. The molecule has 1 aliphatic heterocycles. The Bertz CT molecular complexity index is 376. The Morgan fingerprint density at radius 2 is 2.29 bits per heavy atom. The summed E-state index contributed by atoms with van der Waals surface area (Å²) in [5, 5.41) is 10.5. The van der Waals surface area contributed by atoms with Gasteiger partial charge in [0.05, 0.1) is 4.92 Å². The Morgan fingerprint density at radius 3 is 2.71 bits per heavy atom. The Hall–Kier alpha value is -1.85. The molecule has 1 fully saturated rings. The molecule has 6 nitrogen and oxygen atoms in total. The van der Waals surface area contributed by atoms with Crippen molar-refractivity contribution in [3.8, 4) is 0 Å². The van der Waals surface area contributed by atoms with Gasteiger partial charge in [0.15, 0.2) is 0 Å². The van der Waals surface area contributed by atoms with E-state index in [1.165, 1.54) is 6.20 Å². The molecule has 2 N–H and O–H groups in total. The highest BCUT2D eigenvalue weighted by molar-refractivity contribution is 5.63. The van der Waals surface area contributed by atoms with Gasteiger partial charge in [-0.15, -0.1) is 0 Å². The summed E-state index contributed by atoms with van der Waals surface area (Å²) in [5.74, 6) is 0.722. The third-order valence-corrected chi connectivity index (χ3v) is 2.28. The van der Waals surface area contributed by atoms with Crippen LogP contribution in [0.25, 0.3) is 0 Å². The second kappa shape index (κ2) is 3.13. The largest absolute Gasteiger partial charge is 0.393 e. The molecule has 2 heterocycles. The van der Waals surface area contributed by atoms with Crippen LogP contribution in [0.1, 0.15) is 6.42 Å². The average molecular weight is 194 g/mol. The van der Waals surface area contributed by atoms with Crippen LogP contribution >= 0.6 is 0 Å². The molecule has 0 aromatic carbocycles. The van der Waals surface area contributed by atoms with Crippen LogP contribution in [0.5, 0.6) is 0 Å². The summed E-state index contributed by atoms with van der Waals surface area (Å²) in [6, 6.07) is 1.55. The minimum atomic E-state index is -0.526. The molecule has 0 unspecified atom stereocenters. The number of aromatic nitrogens is 1. The number of rotatable bonds is 2. The van der Waals surface area contributed by atoms with Crippen LogP contribution in [0, 0.1) is 10.1 Å². The first kappa shape index (κ1) is 8.74. The van der Waals surface area contributed by atoms with Crippen LogP contribution in [0.15, 0.2) is 12.3 Å². The monoisotopic (exact) mass is 194 g/mol. The van der Waals surface area contributed by atoms with E-state index in [2.05, 4.69) is 4.98 Å². The van der Waals surface area contributed by atoms with Gasteiger partial charge in [-0.1, -0.05) is 0 Å². The Kier molecular flexibility index (Phi) is 1.95. The predicted octanol–water partition coefficient (Wildman–Crippen LogP) is 0.782. The number of nitro groups is 1. The van der Waals surface area contributed by atoms with Gasteiger partial charge in [-0.2, -0.15) is 0 Å². The van der Waals surface area contributed by atoms with Gasteiger partial charge in [-0.3, -0.25) is 10.1 Å². The molecule has 1 aliphatic rings. The molecule has 0 radical (unpaired) electrons. The minimum Gasteiger partial charge on any atom is -0.393 e. The van der Waals surface area contributed by atoms with Crippen molar-refractivity contribution >= 4 is 17.2 Å². The van der Waals surface area contributed by atoms with E-state index in [9.17, 15) is 10.1 Å². The zero-order chi connectivity index (χ0) is 10.1. The lowest BCUT2D eigenvalue weighted by atomic mass is 10.2. The van der Waals surface area contributed by atoms with Crippen LogP contribution in [0.4, 0.5) is 17.2 Å². The van der Waals surface area contributed by atoms with E-state index in [0.717, 1.165) is 25.3 Å². The second-order valence-corrected chi connectivity index (χ2v) is 3.20. The van der Waals surface area contributed by atoms with Crippen LogP contribution in [0.2, 0.25) is 0 Å². The molecular weight excluding hydrogens is 184 g/mol. The van der Waals surface area contributed by atoms with Gasteiger partial charge in [0.2, 0.25) is 0 Å². The third-order valence-electron chi connectivity index (χ3n) is 2.28. The zero-order valence-electron chi connectivity index (χ0n) is 7.51. The normalized spacial score (nSPS) is 15.0. The van der Waals surface area contributed by atoms with E-state index < -0.39 is 4.92 Å². The van der Waals surface area contributed by atoms with Crippen molar-refractivity contribution in [3.05, 3.63) is 22.4 Å². The number of pyridine rings is 1. The van der Waals surface area contributed by atoms with Crippen LogP contribution in [-0.2, 0) is 0 Å². The molecule has 1 saturated heterocycles. The van der Waals surface area contributed by atoms with Gasteiger partial charge < -0.3 is 10.6 Å². The Morgan fingerprint density at radius 1 is 1.57 bits per heavy atom. The molecule has 6 heteroatoms. The molecule has 1 aromatic rings. The fraction of sp³-hybridized carbons (Fsp3) is 0.375. The number of anilines is 2. The molecule has 74 valence electrons. The van der Waals surface area contributed by atoms with E-state index in [1.54, 1.807) is 6.07 Å². The molecule has 0 aliphatic carbocycles. The molecule has 0 amide bonds. The predicted molar refractivity (Wildman–Crippen MR) is 52.1 cm³/mol. The number of nitrogens with two attached hydrogens (primary N) is 1. The van der Waals surface area contributed by atoms with Crippen LogP contribution in [-0.4, -0.2) is 23.0 Å². The summed E-state index contributed by atoms with van der Waals surface area (Å²) in [5.41, 5.74) is 5.57. The smallest absolute Gasteiger partial charge is 0.310 e. The van der Waals surface area contributed by atoms with Crippen molar-refractivity contribution in [2.45, 2.75) is 6.42 Å². The maximum Gasteiger partial charge on any atom is 0.310 e. The van der Waals surface area contributed by atoms with Gasteiger partial charge >= 0.3 is 5.69 Å². The van der Waals surface area contributed by atoms with Gasteiger partial charge in [-0.05, 0) is 6.42 Å². The molecule has 0 bridgehead atoms. The standard InChI is InChI=1S/C8H10N4O2/c9-6-4-8(11-2-1-3-11)10-5-7(6)12(13)14/h4-5H,1-3H2,(H2,9,10). The first-order valence-electron chi connectivity index (χ1n) is 4.33. The third kappa shape index (κ3) is 1.34.